The predicted molar refractivity (Wildman–Crippen MR) is 90.1 cm³/mol. The number of hydrogen-bond acceptors (Lipinski definition) is 6. The van der Waals surface area contributed by atoms with Crippen molar-refractivity contribution in [1.82, 2.24) is 14.5 Å². The van der Waals surface area contributed by atoms with E-state index in [0.717, 1.165) is 17.6 Å². The molecule has 0 saturated carbocycles. The molecule has 3 heterocycles. The monoisotopic (exact) mass is 364 g/mol. The SMILES string of the molecule is CS(=O)(=O)Nc1ccc(-n2ccnc2-c2ccc(C(=O)O)s2)cn1. The molecule has 0 aliphatic rings. The van der Waals surface area contributed by atoms with Crippen molar-refractivity contribution in [2.45, 2.75) is 0 Å². The number of anilines is 1. The number of aromatic nitrogens is 3. The highest BCUT2D eigenvalue weighted by Crippen LogP contribution is 2.28. The molecular weight excluding hydrogens is 352 g/mol. The molecule has 0 aromatic carbocycles. The van der Waals surface area contributed by atoms with Crippen LogP contribution in [0.25, 0.3) is 16.4 Å². The van der Waals surface area contributed by atoms with Gasteiger partial charge in [0.25, 0.3) is 0 Å². The van der Waals surface area contributed by atoms with Crippen molar-refractivity contribution < 1.29 is 18.3 Å². The van der Waals surface area contributed by atoms with E-state index in [0.29, 0.717) is 16.4 Å². The van der Waals surface area contributed by atoms with Crippen molar-refractivity contribution in [3.8, 4) is 16.4 Å². The van der Waals surface area contributed by atoms with Crippen LogP contribution in [-0.2, 0) is 10.0 Å². The van der Waals surface area contributed by atoms with Gasteiger partial charge in [-0.1, -0.05) is 0 Å². The normalized spacial score (nSPS) is 11.4. The van der Waals surface area contributed by atoms with Gasteiger partial charge in [-0.15, -0.1) is 11.3 Å². The van der Waals surface area contributed by atoms with Crippen molar-refractivity contribution in [2.75, 3.05) is 11.0 Å². The number of thiophene rings is 1. The molecule has 0 aliphatic heterocycles. The first-order valence-corrected chi connectivity index (χ1v) is 9.35. The molecular formula is C14H12N4O4S2. The summed E-state index contributed by atoms with van der Waals surface area (Å²) in [5.41, 5.74) is 0.673. The van der Waals surface area contributed by atoms with Gasteiger partial charge >= 0.3 is 5.97 Å². The maximum Gasteiger partial charge on any atom is 0.345 e. The highest BCUT2D eigenvalue weighted by Gasteiger charge is 2.14. The zero-order chi connectivity index (χ0) is 17.3. The van der Waals surface area contributed by atoms with E-state index < -0.39 is 16.0 Å². The third kappa shape index (κ3) is 3.44. The second-order valence-corrected chi connectivity index (χ2v) is 7.70. The summed E-state index contributed by atoms with van der Waals surface area (Å²) in [5.74, 6) is -0.187. The number of aromatic carboxylic acids is 1. The van der Waals surface area contributed by atoms with Crippen LogP contribution in [0.5, 0.6) is 0 Å². The number of carbonyl (C=O) groups is 1. The molecule has 3 rings (SSSR count). The molecule has 0 atom stereocenters. The van der Waals surface area contributed by atoms with E-state index in [4.69, 9.17) is 5.11 Å². The summed E-state index contributed by atoms with van der Waals surface area (Å²) >= 11 is 1.12. The van der Waals surface area contributed by atoms with Crippen molar-refractivity contribution >= 4 is 33.1 Å². The number of sulfonamides is 1. The van der Waals surface area contributed by atoms with Crippen LogP contribution in [0.2, 0.25) is 0 Å². The van der Waals surface area contributed by atoms with E-state index >= 15 is 0 Å². The van der Waals surface area contributed by atoms with Crippen LogP contribution in [0, 0.1) is 0 Å². The largest absolute Gasteiger partial charge is 0.477 e. The molecule has 0 saturated heterocycles. The van der Waals surface area contributed by atoms with E-state index in [1.54, 1.807) is 29.1 Å². The molecule has 0 spiro atoms. The Morgan fingerprint density at radius 2 is 2.04 bits per heavy atom. The molecule has 3 aromatic heterocycles. The average molecular weight is 364 g/mol. The van der Waals surface area contributed by atoms with Crippen molar-refractivity contribution in [1.29, 1.82) is 0 Å². The molecule has 0 aliphatic carbocycles. The Morgan fingerprint density at radius 3 is 2.62 bits per heavy atom. The van der Waals surface area contributed by atoms with Gasteiger partial charge in [-0.05, 0) is 24.3 Å². The topological polar surface area (TPSA) is 114 Å². The van der Waals surface area contributed by atoms with Crippen LogP contribution >= 0.6 is 11.3 Å². The van der Waals surface area contributed by atoms with Crippen LogP contribution in [0.3, 0.4) is 0 Å². The molecule has 124 valence electrons. The van der Waals surface area contributed by atoms with Crippen LogP contribution in [0.4, 0.5) is 5.82 Å². The maximum atomic E-state index is 11.2. The number of carboxylic acid groups (broad SMARTS) is 1. The second-order valence-electron chi connectivity index (χ2n) is 4.87. The van der Waals surface area contributed by atoms with Crippen molar-refractivity contribution in [3.05, 3.63) is 47.7 Å². The number of hydrogen-bond donors (Lipinski definition) is 2. The summed E-state index contributed by atoms with van der Waals surface area (Å²) in [6.07, 6.45) is 5.87. The minimum Gasteiger partial charge on any atom is -0.477 e. The third-order valence-corrected chi connectivity index (χ3v) is 4.64. The van der Waals surface area contributed by atoms with Gasteiger partial charge < -0.3 is 5.11 Å². The molecule has 0 radical (unpaired) electrons. The first-order valence-electron chi connectivity index (χ1n) is 6.64. The summed E-state index contributed by atoms with van der Waals surface area (Å²) in [5, 5.41) is 9.02. The molecule has 8 nitrogen and oxygen atoms in total. The van der Waals surface area contributed by atoms with Crippen molar-refractivity contribution in [2.24, 2.45) is 0 Å². The molecule has 2 N–H and O–H groups in total. The summed E-state index contributed by atoms with van der Waals surface area (Å²) in [6, 6.07) is 6.45. The van der Waals surface area contributed by atoms with Gasteiger partial charge in [0.2, 0.25) is 10.0 Å². The fraction of sp³-hybridized carbons (Fsp3) is 0.0714. The zero-order valence-electron chi connectivity index (χ0n) is 12.4. The fourth-order valence-electron chi connectivity index (χ4n) is 2.05. The van der Waals surface area contributed by atoms with Gasteiger partial charge in [0.05, 0.1) is 23.0 Å². The van der Waals surface area contributed by atoms with Gasteiger partial charge in [0, 0.05) is 12.4 Å². The number of carboxylic acids is 1. The van der Waals surface area contributed by atoms with E-state index in [1.165, 1.54) is 18.3 Å². The Bertz CT molecular complexity index is 990. The first kappa shape index (κ1) is 16.1. The van der Waals surface area contributed by atoms with Crippen LogP contribution in [0.15, 0.2) is 42.9 Å². The summed E-state index contributed by atoms with van der Waals surface area (Å²) in [7, 11) is -3.39. The molecule has 3 aromatic rings. The Morgan fingerprint density at radius 1 is 1.25 bits per heavy atom. The first-order chi connectivity index (χ1) is 11.3. The number of nitrogens with zero attached hydrogens (tertiary/aromatic N) is 3. The van der Waals surface area contributed by atoms with Crippen LogP contribution in [0.1, 0.15) is 9.67 Å². The molecule has 0 fully saturated rings. The lowest BCUT2D eigenvalue weighted by molar-refractivity contribution is 0.0702. The lowest BCUT2D eigenvalue weighted by Gasteiger charge is -2.08. The molecule has 24 heavy (non-hydrogen) atoms. The van der Waals surface area contributed by atoms with E-state index in [1.807, 2.05) is 0 Å². The van der Waals surface area contributed by atoms with Crippen LogP contribution < -0.4 is 4.72 Å². The quantitative estimate of drug-likeness (QED) is 0.716. The van der Waals surface area contributed by atoms with Gasteiger partial charge in [0.1, 0.15) is 10.7 Å². The molecule has 0 amide bonds. The number of imidazole rings is 1. The fourth-order valence-corrected chi connectivity index (χ4v) is 3.39. The lowest BCUT2D eigenvalue weighted by Crippen LogP contribution is -2.10. The Labute approximate surface area is 141 Å². The number of rotatable bonds is 5. The summed E-state index contributed by atoms with van der Waals surface area (Å²) < 4.78 is 26.4. The van der Waals surface area contributed by atoms with Gasteiger partial charge in [0.15, 0.2) is 5.82 Å². The highest BCUT2D eigenvalue weighted by atomic mass is 32.2. The Hall–Kier alpha value is -2.72. The molecule has 0 unspecified atom stereocenters. The van der Waals surface area contributed by atoms with Crippen LogP contribution in [-0.4, -0.2) is 40.3 Å². The van der Waals surface area contributed by atoms with Gasteiger partial charge in [-0.25, -0.2) is 23.2 Å². The Kier molecular flexibility index (Phi) is 4.08. The second kappa shape index (κ2) is 6.06. The Balaban J connectivity index is 1.93. The minimum absolute atomic E-state index is 0.215. The summed E-state index contributed by atoms with van der Waals surface area (Å²) in [6.45, 7) is 0. The number of nitrogens with one attached hydrogen (secondary N) is 1. The molecule has 10 heteroatoms. The van der Waals surface area contributed by atoms with Gasteiger partial charge in [-0.2, -0.15) is 0 Å². The average Bonchev–Trinajstić information content (AvgIpc) is 3.15. The highest BCUT2D eigenvalue weighted by molar-refractivity contribution is 7.92. The standard InChI is InChI=1S/C14H12N4O4S2/c1-24(21,22)17-12-5-2-9(8-16-12)18-7-6-15-13(18)10-3-4-11(23-10)14(19)20/h2-8H,1H3,(H,16,17)(H,19,20). The predicted octanol–water partition coefficient (Wildman–Crippen LogP) is 2.07. The molecule has 0 bridgehead atoms. The van der Waals surface area contributed by atoms with E-state index in [2.05, 4.69) is 14.7 Å². The zero-order valence-corrected chi connectivity index (χ0v) is 14.0. The third-order valence-electron chi connectivity index (χ3n) is 2.99. The summed E-state index contributed by atoms with van der Waals surface area (Å²) in [4.78, 5) is 20.3. The van der Waals surface area contributed by atoms with Crippen molar-refractivity contribution in [3.63, 3.8) is 0 Å². The smallest absolute Gasteiger partial charge is 0.345 e. The number of pyridine rings is 1. The van der Waals surface area contributed by atoms with E-state index in [9.17, 15) is 13.2 Å². The maximum absolute atomic E-state index is 11.2. The van der Waals surface area contributed by atoms with Gasteiger partial charge in [-0.3, -0.25) is 9.29 Å². The lowest BCUT2D eigenvalue weighted by atomic mass is 10.3. The van der Waals surface area contributed by atoms with E-state index in [-0.39, 0.29) is 10.7 Å². The minimum atomic E-state index is -3.39.